The molecule has 27 heavy (non-hydrogen) atoms. The molecule has 0 radical (unpaired) electrons. The molecule has 134 valence electrons. The van der Waals surface area contributed by atoms with E-state index in [1.807, 2.05) is 6.26 Å². The maximum atomic E-state index is 12.4. The van der Waals surface area contributed by atoms with Crippen molar-refractivity contribution in [2.45, 2.75) is 19.0 Å². The summed E-state index contributed by atoms with van der Waals surface area (Å²) >= 11 is 0. The van der Waals surface area contributed by atoms with Crippen LogP contribution >= 0.6 is 0 Å². The van der Waals surface area contributed by atoms with Crippen LogP contribution in [0, 0.1) is 0 Å². The van der Waals surface area contributed by atoms with Gasteiger partial charge in [-0.15, -0.1) is 5.65 Å². The SMILES string of the molecule is CS(=O)C[B-](Cc1ccccc1)(Cc1ccccc1)Cc1ccccc1.[Li+]. The van der Waals surface area contributed by atoms with Gasteiger partial charge in [-0.05, 0) is 10.8 Å². The van der Waals surface area contributed by atoms with Crippen molar-refractivity contribution in [3.8, 4) is 0 Å². The molecule has 1 unspecified atom stereocenters. The molecule has 0 N–H and O–H groups in total. The summed E-state index contributed by atoms with van der Waals surface area (Å²) in [5.74, 6) is 0. The second kappa shape index (κ2) is 10.7. The van der Waals surface area contributed by atoms with E-state index in [1.165, 1.54) is 16.7 Å². The first-order chi connectivity index (χ1) is 12.7. The molecule has 3 rings (SSSR count). The zero-order valence-corrected chi connectivity index (χ0v) is 17.2. The van der Waals surface area contributed by atoms with Gasteiger partial charge in [0.05, 0.1) is 0 Å². The fourth-order valence-corrected chi connectivity index (χ4v) is 5.58. The summed E-state index contributed by atoms with van der Waals surface area (Å²) in [6.45, 7) is 0. The van der Waals surface area contributed by atoms with E-state index in [9.17, 15) is 4.21 Å². The van der Waals surface area contributed by atoms with Crippen molar-refractivity contribution in [1.82, 2.24) is 0 Å². The van der Waals surface area contributed by atoms with E-state index in [4.69, 9.17) is 0 Å². The molecule has 0 amide bonds. The van der Waals surface area contributed by atoms with Crippen LogP contribution in [0.4, 0.5) is 0 Å². The quantitative estimate of drug-likeness (QED) is 0.554. The number of hydrogen-bond acceptors (Lipinski definition) is 1. The van der Waals surface area contributed by atoms with Gasteiger partial charge in [0.25, 0.3) is 0 Å². The second-order valence-electron chi connectivity index (χ2n) is 7.54. The molecule has 0 bridgehead atoms. The van der Waals surface area contributed by atoms with Crippen molar-refractivity contribution in [1.29, 1.82) is 0 Å². The summed E-state index contributed by atoms with van der Waals surface area (Å²) in [5, 5.41) is 0. The Hall–Kier alpha value is -1.53. The summed E-state index contributed by atoms with van der Waals surface area (Å²) in [7, 11) is -0.828. The van der Waals surface area contributed by atoms with Gasteiger partial charge < -0.3 is 0 Å². The molecule has 0 aliphatic rings. The number of benzene rings is 3. The molecule has 3 aromatic carbocycles. The first-order valence-corrected chi connectivity index (χ1v) is 11.0. The van der Waals surface area contributed by atoms with Crippen LogP contribution in [0.1, 0.15) is 16.7 Å². The minimum atomic E-state index is -0.883. The fourth-order valence-electron chi connectivity index (χ4n) is 4.23. The van der Waals surface area contributed by atoms with E-state index in [0.717, 1.165) is 24.6 Å². The molecule has 3 aromatic rings. The van der Waals surface area contributed by atoms with Gasteiger partial charge in [0.1, 0.15) is 0 Å². The zero-order chi connectivity index (χ0) is 18.2. The average Bonchev–Trinajstić information content (AvgIpc) is 2.63. The minimum absolute atomic E-state index is 0. The maximum Gasteiger partial charge on any atom is 1.00 e. The van der Waals surface area contributed by atoms with Crippen molar-refractivity contribution >= 4 is 16.9 Å². The molecule has 0 aliphatic carbocycles. The molecule has 0 saturated carbocycles. The average molecular weight is 368 g/mol. The first-order valence-electron chi connectivity index (χ1n) is 9.29. The maximum absolute atomic E-state index is 12.4. The third-order valence-electron chi connectivity index (χ3n) is 5.12. The van der Waals surface area contributed by atoms with E-state index in [0.29, 0.717) is 0 Å². The van der Waals surface area contributed by atoms with Crippen LogP contribution in [0.3, 0.4) is 0 Å². The van der Waals surface area contributed by atoms with Crippen LogP contribution in [0.15, 0.2) is 91.0 Å². The van der Waals surface area contributed by atoms with Crippen molar-refractivity contribution < 1.29 is 23.1 Å². The zero-order valence-electron chi connectivity index (χ0n) is 16.4. The van der Waals surface area contributed by atoms with Crippen LogP contribution in [-0.4, -0.2) is 22.3 Å². The summed E-state index contributed by atoms with van der Waals surface area (Å²) in [4.78, 5) is 0. The molecular weight excluding hydrogens is 342 g/mol. The van der Waals surface area contributed by atoms with Gasteiger partial charge in [-0.1, -0.05) is 108 Å². The molecule has 0 spiro atoms. The van der Waals surface area contributed by atoms with E-state index >= 15 is 0 Å². The Morgan fingerprint density at radius 2 is 0.926 bits per heavy atom. The van der Waals surface area contributed by atoms with E-state index in [2.05, 4.69) is 91.0 Å². The van der Waals surface area contributed by atoms with Gasteiger partial charge in [-0.3, -0.25) is 4.21 Å². The van der Waals surface area contributed by atoms with Gasteiger partial charge in [-0.25, -0.2) is 0 Å². The van der Waals surface area contributed by atoms with Crippen molar-refractivity contribution in [3.05, 3.63) is 108 Å². The summed E-state index contributed by atoms with van der Waals surface area (Å²) in [6.07, 6.45) is 3.93. The Labute approximate surface area is 178 Å². The third-order valence-corrected chi connectivity index (χ3v) is 6.30. The van der Waals surface area contributed by atoms with Gasteiger partial charge in [0, 0.05) is 12.4 Å². The van der Waals surface area contributed by atoms with Crippen molar-refractivity contribution in [3.63, 3.8) is 0 Å². The summed E-state index contributed by atoms with van der Waals surface area (Å²) in [5.41, 5.74) is 4.78. The summed E-state index contributed by atoms with van der Waals surface area (Å²) in [6, 6.07) is 32.0. The van der Waals surface area contributed by atoms with Crippen LogP contribution in [0.5, 0.6) is 0 Å². The predicted molar refractivity (Wildman–Crippen MR) is 115 cm³/mol. The largest absolute Gasteiger partial charge is 1.00 e. The van der Waals surface area contributed by atoms with Crippen LogP contribution < -0.4 is 18.9 Å². The summed E-state index contributed by atoms with van der Waals surface area (Å²) < 4.78 is 12.4. The number of rotatable bonds is 8. The monoisotopic (exact) mass is 368 g/mol. The van der Waals surface area contributed by atoms with Crippen molar-refractivity contribution in [2.24, 2.45) is 0 Å². The van der Waals surface area contributed by atoms with Crippen LogP contribution in [-0.2, 0) is 29.8 Å². The first kappa shape index (κ1) is 21.8. The molecular formula is C23H26BLiOS. The Kier molecular flexibility index (Phi) is 8.64. The Morgan fingerprint density at radius 3 is 1.19 bits per heavy atom. The smallest absolute Gasteiger partial charge is 0.263 e. The second-order valence-corrected chi connectivity index (χ2v) is 9.02. The Balaban J connectivity index is 0.00000261. The van der Waals surface area contributed by atoms with Crippen LogP contribution in [0.2, 0.25) is 0 Å². The molecule has 4 heteroatoms. The molecule has 1 atom stereocenters. The van der Waals surface area contributed by atoms with E-state index < -0.39 is 16.9 Å². The molecule has 0 saturated heterocycles. The minimum Gasteiger partial charge on any atom is -0.263 e. The normalized spacial score (nSPS) is 12.2. The topological polar surface area (TPSA) is 17.1 Å². The third kappa shape index (κ3) is 6.85. The standard InChI is InChI=1S/C23H26BOS.Li/c1-26(25)20-24(17-21-11-5-2-6-12-21,18-22-13-7-3-8-14-22)19-23-15-9-4-10-16-23;/h2-16H,17-20H2,1H3;/q-1;+1. The Morgan fingerprint density at radius 1 is 0.630 bits per heavy atom. The molecule has 0 fully saturated rings. The molecule has 0 aromatic heterocycles. The van der Waals surface area contributed by atoms with Gasteiger partial charge >= 0.3 is 18.9 Å². The van der Waals surface area contributed by atoms with Crippen LogP contribution in [0.25, 0.3) is 0 Å². The Bertz CT molecular complexity index is 723. The molecule has 1 nitrogen and oxygen atoms in total. The van der Waals surface area contributed by atoms with Crippen molar-refractivity contribution in [2.75, 3.05) is 11.9 Å². The number of hydrogen-bond donors (Lipinski definition) is 0. The van der Waals surface area contributed by atoms with Gasteiger partial charge in [0.15, 0.2) is 0 Å². The molecule has 0 heterocycles. The van der Waals surface area contributed by atoms with E-state index in [1.54, 1.807) is 0 Å². The van der Waals surface area contributed by atoms with Gasteiger partial charge in [0.2, 0.25) is 0 Å². The fraction of sp³-hybridized carbons (Fsp3) is 0.217. The predicted octanol–water partition coefficient (Wildman–Crippen LogP) is 1.70. The molecule has 0 aliphatic heterocycles. The van der Waals surface area contributed by atoms with Gasteiger partial charge in [-0.2, -0.15) is 19.0 Å². The van der Waals surface area contributed by atoms with E-state index in [-0.39, 0.29) is 18.9 Å².